The number of unbranched alkanes of at least 4 members (excludes halogenated alkanes) is 1. The number of hydrogen-bond acceptors (Lipinski definition) is 1. The molecule has 1 aromatic rings. The van der Waals surface area contributed by atoms with E-state index >= 15 is 0 Å². The van der Waals surface area contributed by atoms with Gasteiger partial charge in [0.25, 0.3) is 0 Å². The SMILES string of the molecule is [B]c1ccc(CCCC=O)cc1. The van der Waals surface area contributed by atoms with E-state index < -0.39 is 0 Å². The Kier molecular flexibility index (Phi) is 3.59. The maximum Gasteiger partial charge on any atom is 0.120 e. The van der Waals surface area contributed by atoms with Crippen LogP contribution in [-0.4, -0.2) is 14.1 Å². The Balaban J connectivity index is 2.42. The molecule has 2 radical (unpaired) electrons. The fourth-order valence-electron chi connectivity index (χ4n) is 1.07. The van der Waals surface area contributed by atoms with Crippen LogP contribution in [0.1, 0.15) is 18.4 Å². The van der Waals surface area contributed by atoms with Crippen LogP contribution in [0.2, 0.25) is 0 Å². The van der Waals surface area contributed by atoms with Crippen molar-refractivity contribution in [3.8, 4) is 0 Å². The van der Waals surface area contributed by atoms with E-state index in [2.05, 4.69) is 0 Å². The monoisotopic (exact) mass is 158 g/mol. The quantitative estimate of drug-likeness (QED) is 0.363. The van der Waals surface area contributed by atoms with Crippen molar-refractivity contribution in [1.82, 2.24) is 0 Å². The molecule has 0 aromatic heterocycles. The summed E-state index contributed by atoms with van der Waals surface area (Å²) in [6.45, 7) is 0. The molecule has 0 saturated carbocycles. The summed E-state index contributed by atoms with van der Waals surface area (Å²) in [6.07, 6.45) is 3.48. The molecule has 0 saturated heterocycles. The number of carbonyl (C=O) groups excluding carboxylic acids is 1. The van der Waals surface area contributed by atoms with E-state index in [1.54, 1.807) is 0 Å². The molecule has 1 aromatic carbocycles. The molecule has 2 heteroatoms. The van der Waals surface area contributed by atoms with Gasteiger partial charge in [0, 0.05) is 6.42 Å². The Labute approximate surface area is 74.2 Å². The first-order valence-electron chi connectivity index (χ1n) is 4.11. The minimum absolute atomic E-state index is 0.643. The van der Waals surface area contributed by atoms with Crippen LogP contribution in [0.4, 0.5) is 0 Å². The van der Waals surface area contributed by atoms with Crippen molar-refractivity contribution in [2.75, 3.05) is 0 Å². The van der Waals surface area contributed by atoms with Gasteiger partial charge in [-0.15, -0.1) is 0 Å². The third kappa shape index (κ3) is 2.91. The summed E-state index contributed by atoms with van der Waals surface area (Å²) in [4.78, 5) is 10.0. The maximum atomic E-state index is 10.0. The largest absolute Gasteiger partial charge is 0.303 e. The fraction of sp³-hybridized carbons (Fsp3) is 0.300. The van der Waals surface area contributed by atoms with Crippen LogP contribution < -0.4 is 5.46 Å². The molecule has 0 bridgehead atoms. The third-order valence-corrected chi connectivity index (χ3v) is 1.77. The van der Waals surface area contributed by atoms with E-state index in [1.807, 2.05) is 24.3 Å². The number of benzene rings is 1. The van der Waals surface area contributed by atoms with Gasteiger partial charge in [0.1, 0.15) is 14.1 Å². The van der Waals surface area contributed by atoms with E-state index in [9.17, 15) is 4.79 Å². The van der Waals surface area contributed by atoms with Crippen LogP contribution in [0.3, 0.4) is 0 Å². The zero-order valence-electron chi connectivity index (χ0n) is 6.99. The molecule has 0 fully saturated rings. The molecule has 0 atom stereocenters. The van der Waals surface area contributed by atoms with Crippen LogP contribution in [0, 0.1) is 0 Å². The number of aryl methyl sites for hydroxylation is 1. The standard InChI is InChI=1S/C10H11BO/c11-10-6-4-9(5-7-10)3-1-2-8-12/h4-8H,1-3H2. The van der Waals surface area contributed by atoms with Crippen molar-refractivity contribution in [2.24, 2.45) is 0 Å². The first-order chi connectivity index (χ1) is 5.83. The zero-order chi connectivity index (χ0) is 8.81. The molecule has 0 spiro atoms. The summed E-state index contributed by atoms with van der Waals surface area (Å²) >= 11 is 0. The molecule has 1 rings (SSSR count). The van der Waals surface area contributed by atoms with Crippen molar-refractivity contribution in [3.05, 3.63) is 29.8 Å². The highest BCUT2D eigenvalue weighted by Crippen LogP contribution is 2.01. The smallest absolute Gasteiger partial charge is 0.120 e. The molecule has 0 unspecified atom stereocenters. The second-order valence-corrected chi connectivity index (χ2v) is 2.80. The van der Waals surface area contributed by atoms with Crippen LogP contribution >= 0.6 is 0 Å². The van der Waals surface area contributed by atoms with Gasteiger partial charge in [0.15, 0.2) is 0 Å². The molecule has 0 heterocycles. The molecule has 0 aliphatic carbocycles. The summed E-state index contributed by atoms with van der Waals surface area (Å²) in [5.74, 6) is 0. The van der Waals surface area contributed by atoms with Crippen LogP contribution in [-0.2, 0) is 11.2 Å². The maximum absolute atomic E-state index is 10.0. The third-order valence-electron chi connectivity index (χ3n) is 1.77. The fourth-order valence-corrected chi connectivity index (χ4v) is 1.07. The Hall–Kier alpha value is -1.05. The van der Waals surface area contributed by atoms with E-state index in [0.29, 0.717) is 6.42 Å². The predicted molar refractivity (Wildman–Crippen MR) is 50.8 cm³/mol. The molecule has 0 amide bonds. The Bertz CT molecular complexity index is 241. The van der Waals surface area contributed by atoms with Gasteiger partial charge in [0.2, 0.25) is 0 Å². The number of hydrogen-bond donors (Lipinski definition) is 0. The summed E-state index contributed by atoms with van der Waals surface area (Å²) in [6, 6.07) is 7.77. The van der Waals surface area contributed by atoms with E-state index in [1.165, 1.54) is 5.56 Å². The van der Waals surface area contributed by atoms with Crippen molar-refractivity contribution in [2.45, 2.75) is 19.3 Å². The van der Waals surface area contributed by atoms with Gasteiger partial charge < -0.3 is 4.79 Å². The van der Waals surface area contributed by atoms with Crippen LogP contribution in [0.25, 0.3) is 0 Å². The highest BCUT2D eigenvalue weighted by molar-refractivity contribution is 6.32. The van der Waals surface area contributed by atoms with Gasteiger partial charge in [0.05, 0.1) is 0 Å². The summed E-state index contributed by atoms with van der Waals surface area (Å²) in [5, 5.41) is 0. The van der Waals surface area contributed by atoms with Gasteiger partial charge in [-0.3, -0.25) is 0 Å². The topological polar surface area (TPSA) is 17.1 Å². The van der Waals surface area contributed by atoms with Crippen LogP contribution in [0.15, 0.2) is 24.3 Å². The highest BCUT2D eigenvalue weighted by atomic mass is 16.1. The van der Waals surface area contributed by atoms with Crippen molar-refractivity contribution >= 4 is 19.6 Å². The number of carbonyl (C=O) groups is 1. The average Bonchev–Trinajstić information content (AvgIpc) is 2.09. The highest BCUT2D eigenvalue weighted by Gasteiger charge is 1.91. The average molecular weight is 158 g/mol. The van der Waals surface area contributed by atoms with Crippen molar-refractivity contribution < 1.29 is 4.79 Å². The summed E-state index contributed by atoms with van der Waals surface area (Å²) in [5.41, 5.74) is 2.03. The Morgan fingerprint density at radius 1 is 1.25 bits per heavy atom. The Morgan fingerprint density at radius 3 is 2.50 bits per heavy atom. The summed E-state index contributed by atoms with van der Waals surface area (Å²) < 4.78 is 0. The molecular weight excluding hydrogens is 147 g/mol. The molecular formula is C10H11BO. The first kappa shape index (κ1) is 9.05. The van der Waals surface area contributed by atoms with E-state index in [0.717, 1.165) is 24.6 Å². The summed E-state index contributed by atoms with van der Waals surface area (Å²) in [7, 11) is 5.53. The Morgan fingerprint density at radius 2 is 1.92 bits per heavy atom. The van der Waals surface area contributed by atoms with Gasteiger partial charge in [-0.05, 0) is 18.4 Å². The molecule has 12 heavy (non-hydrogen) atoms. The van der Waals surface area contributed by atoms with Gasteiger partial charge >= 0.3 is 0 Å². The normalized spacial score (nSPS) is 9.67. The lowest BCUT2D eigenvalue weighted by atomic mass is 9.94. The molecule has 0 N–H and O–H groups in total. The lowest BCUT2D eigenvalue weighted by Gasteiger charge is -1.98. The molecule has 0 aliphatic rings. The van der Waals surface area contributed by atoms with Crippen molar-refractivity contribution in [3.63, 3.8) is 0 Å². The molecule has 1 nitrogen and oxygen atoms in total. The van der Waals surface area contributed by atoms with E-state index in [-0.39, 0.29) is 0 Å². The minimum Gasteiger partial charge on any atom is -0.303 e. The second-order valence-electron chi connectivity index (χ2n) is 2.80. The lowest BCUT2D eigenvalue weighted by Crippen LogP contribution is -2.00. The number of aldehydes is 1. The zero-order valence-corrected chi connectivity index (χ0v) is 6.99. The minimum atomic E-state index is 0.643. The van der Waals surface area contributed by atoms with E-state index in [4.69, 9.17) is 7.85 Å². The van der Waals surface area contributed by atoms with Crippen molar-refractivity contribution in [1.29, 1.82) is 0 Å². The lowest BCUT2D eigenvalue weighted by molar-refractivity contribution is -0.107. The molecule has 0 aliphatic heterocycles. The predicted octanol–water partition coefficient (Wildman–Crippen LogP) is 1.00. The first-order valence-corrected chi connectivity index (χ1v) is 4.11. The van der Waals surface area contributed by atoms with Crippen LogP contribution in [0.5, 0.6) is 0 Å². The number of rotatable bonds is 4. The molecule has 60 valence electrons. The van der Waals surface area contributed by atoms with Gasteiger partial charge in [-0.25, -0.2) is 0 Å². The van der Waals surface area contributed by atoms with Gasteiger partial charge in [-0.1, -0.05) is 29.7 Å². The van der Waals surface area contributed by atoms with Gasteiger partial charge in [-0.2, -0.15) is 0 Å². The second kappa shape index (κ2) is 4.76.